The summed E-state index contributed by atoms with van der Waals surface area (Å²) in [6.45, 7) is 5.54. The van der Waals surface area contributed by atoms with Crippen LogP contribution in [-0.4, -0.2) is 23.4 Å². The van der Waals surface area contributed by atoms with Gasteiger partial charge >= 0.3 is 0 Å². The number of aromatic nitrogens is 2. The molecule has 1 saturated heterocycles. The molecule has 2 atom stereocenters. The molecule has 0 bridgehead atoms. The molecule has 0 aliphatic carbocycles. The minimum Gasteiger partial charge on any atom is -0.381 e. The van der Waals surface area contributed by atoms with Gasteiger partial charge in [-0.25, -0.2) is 0 Å². The zero-order valence-electron chi connectivity index (χ0n) is 9.94. The Morgan fingerprint density at radius 2 is 2.25 bits per heavy atom. The van der Waals surface area contributed by atoms with Crippen LogP contribution in [0.1, 0.15) is 35.8 Å². The summed E-state index contributed by atoms with van der Waals surface area (Å²) in [4.78, 5) is 0. The van der Waals surface area contributed by atoms with E-state index in [0.717, 1.165) is 43.0 Å². The summed E-state index contributed by atoms with van der Waals surface area (Å²) >= 11 is 0. The number of aryl methyl sites for hydroxylation is 2. The summed E-state index contributed by atoms with van der Waals surface area (Å²) in [5.74, 6) is 0.413. The van der Waals surface area contributed by atoms with Crippen LogP contribution in [0.4, 0.5) is 0 Å². The highest BCUT2D eigenvalue weighted by Crippen LogP contribution is 2.27. The van der Waals surface area contributed by atoms with Crippen LogP contribution in [0.5, 0.6) is 0 Å². The van der Waals surface area contributed by atoms with E-state index in [-0.39, 0.29) is 6.04 Å². The summed E-state index contributed by atoms with van der Waals surface area (Å²) in [6.07, 6.45) is 2.25. The molecule has 1 aromatic rings. The predicted molar refractivity (Wildman–Crippen MR) is 62.0 cm³/mol. The summed E-state index contributed by atoms with van der Waals surface area (Å²) < 4.78 is 5.48. The van der Waals surface area contributed by atoms with Crippen molar-refractivity contribution >= 4 is 0 Å². The minimum absolute atomic E-state index is 0.0227. The molecule has 0 saturated carbocycles. The van der Waals surface area contributed by atoms with Gasteiger partial charge in [-0.3, -0.25) is 0 Å². The monoisotopic (exact) mass is 221 g/mol. The van der Waals surface area contributed by atoms with E-state index in [1.165, 1.54) is 0 Å². The Morgan fingerprint density at radius 3 is 2.94 bits per heavy atom. The van der Waals surface area contributed by atoms with Crippen molar-refractivity contribution < 1.29 is 4.74 Å². The lowest BCUT2D eigenvalue weighted by Gasteiger charge is -2.28. The fraction of sp³-hybridized carbons (Fsp3) is 0.667. The molecule has 16 heavy (non-hydrogen) atoms. The van der Waals surface area contributed by atoms with Crippen molar-refractivity contribution in [2.24, 2.45) is 11.7 Å². The van der Waals surface area contributed by atoms with Crippen LogP contribution in [0.2, 0.25) is 0 Å². The SMILES string of the molecule is Cc1cc(C(N)C2CCCOC2)c(C)nn1. The van der Waals surface area contributed by atoms with Gasteiger partial charge in [-0.1, -0.05) is 0 Å². The van der Waals surface area contributed by atoms with Gasteiger partial charge in [0.15, 0.2) is 0 Å². The van der Waals surface area contributed by atoms with E-state index in [2.05, 4.69) is 10.2 Å². The molecule has 0 amide bonds. The van der Waals surface area contributed by atoms with E-state index >= 15 is 0 Å². The number of hydrogen-bond acceptors (Lipinski definition) is 4. The second-order valence-electron chi connectivity index (χ2n) is 4.53. The van der Waals surface area contributed by atoms with E-state index in [1.54, 1.807) is 0 Å². The van der Waals surface area contributed by atoms with Gasteiger partial charge in [0.25, 0.3) is 0 Å². The maximum absolute atomic E-state index is 6.29. The third kappa shape index (κ3) is 2.39. The molecule has 0 radical (unpaired) electrons. The third-order valence-electron chi connectivity index (χ3n) is 3.20. The zero-order chi connectivity index (χ0) is 11.5. The van der Waals surface area contributed by atoms with Crippen LogP contribution in [0, 0.1) is 19.8 Å². The fourth-order valence-corrected chi connectivity index (χ4v) is 2.21. The van der Waals surface area contributed by atoms with Crippen molar-refractivity contribution in [2.45, 2.75) is 32.7 Å². The first kappa shape index (κ1) is 11.5. The van der Waals surface area contributed by atoms with Crippen LogP contribution in [-0.2, 0) is 4.74 Å². The lowest BCUT2D eigenvalue weighted by atomic mass is 9.89. The Bertz CT molecular complexity index is 361. The number of nitrogens with zero attached hydrogens (tertiary/aromatic N) is 2. The summed E-state index contributed by atoms with van der Waals surface area (Å²) in [7, 11) is 0. The first-order chi connectivity index (χ1) is 7.68. The van der Waals surface area contributed by atoms with E-state index in [9.17, 15) is 0 Å². The molecular formula is C12H19N3O. The topological polar surface area (TPSA) is 61.0 Å². The Balaban J connectivity index is 2.18. The molecule has 1 fully saturated rings. The molecule has 1 aliphatic heterocycles. The van der Waals surface area contributed by atoms with Crippen molar-refractivity contribution in [2.75, 3.05) is 13.2 Å². The summed E-state index contributed by atoms with van der Waals surface area (Å²) in [5.41, 5.74) is 9.26. The minimum atomic E-state index is 0.0227. The maximum Gasteiger partial charge on any atom is 0.0648 e. The van der Waals surface area contributed by atoms with Crippen molar-refractivity contribution in [1.29, 1.82) is 0 Å². The average molecular weight is 221 g/mol. The molecule has 88 valence electrons. The second-order valence-corrected chi connectivity index (χ2v) is 4.53. The predicted octanol–water partition coefficient (Wildman–Crippen LogP) is 1.52. The van der Waals surface area contributed by atoms with Gasteiger partial charge in [0.1, 0.15) is 0 Å². The summed E-state index contributed by atoms with van der Waals surface area (Å²) in [5, 5.41) is 8.15. The average Bonchev–Trinajstić information content (AvgIpc) is 2.32. The molecule has 2 unspecified atom stereocenters. The van der Waals surface area contributed by atoms with Gasteiger partial charge < -0.3 is 10.5 Å². The molecular weight excluding hydrogens is 202 g/mol. The normalized spacial score (nSPS) is 23.1. The first-order valence-electron chi connectivity index (χ1n) is 5.82. The lowest BCUT2D eigenvalue weighted by molar-refractivity contribution is 0.0446. The van der Waals surface area contributed by atoms with E-state index in [1.807, 2.05) is 19.9 Å². The molecule has 0 aromatic carbocycles. The van der Waals surface area contributed by atoms with Crippen LogP contribution in [0.3, 0.4) is 0 Å². The van der Waals surface area contributed by atoms with Crippen LogP contribution >= 0.6 is 0 Å². The van der Waals surface area contributed by atoms with Gasteiger partial charge in [0.2, 0.25) is 0 Å². The first-order valence-corrected chi connectivity index (χ1v) is 5.82. The molecule has 4 heteroatoms. The molecule has 1 aromatic heterocycles. The largest absolute Gasteiger partial charge is 0.381 e. The number of hydrogen-bond donors (Lipinski definition) is 1. The lowest BCUT2D eigenvalue weighted by Crippen LogP contribution is -2.29. The van der Waals surface area contributed by atoms with Crippen molar-refractivity contribution in [1.82, 2.24) is 10.2 Å². The van der Waals surface area contributed by atoms with Gasteiger partial charge in [-0.05, 0) is 38.3 Å². The van der Waals surface area contributed by atoms with Gasteiger partial charge in [-0.15, -0.1) is 0 Å². The number of ether oxygens (including phenoxy) is 1. The molecule has 2 rings (SSSR count). The molecule has 4 nitrogen and oxygen atoms in total. The Morgan fingerprint density at radius 1 is 1.44 bits per heavy atom. The van der Waals surface area contributed by atoms with Crippen LogP contribution in [0.15, 0.2) is 6.07 Å². The van der Waals surface area contributed by atoms with Gasteiger partial charge in [0, 0.05) is 18.6 Å². The van der Waals surface area contributed by atoms with Crippen molar-refractivity contribution in [3.8, 4) is 0 Å². The number of rotatable bonds is 2. The second kappa shape index (κ2) is 4.89. The third-order valence-corrected chi connectivity index (χ3v) is 3.20. The van der Waals surface area contributed by atoms with E-state index in [4.69, 9.17) is 10.5 Å². The molecule has 2 N–H and O–H groups in total. The fourth-order valence-electron chi connectivity index (χ4n) is 2.21. The van der Waals surface area contributed by atoms with Gasteiger partial charge in [0.05, 0.1) is 18.0 Å². The summed E-state index contributed by atoms with van der Waals surface area (Å²) in [6, 6.07) is 2.07. The van der Waals surface area contributed by atoms with Crippen molar-refractivity contribution in [3.05, 3.63) is 23.0 Å². The molecule has 0 spiro atoms. The van der Waals surface area contributed by atoms with Crippen molar-refractivity contribution in [3.63, 3.8) is 0 Å². The smallest absolute Gasteiger partial charge is 0.0648 e. The van der Waals surface area contributed by atoms with Crippen LogP contribution < -0.4 is 5.73 Å². The zero-order valence-corrected chi connectivity index (χ0v) is 9.94. The molecule has 1 aliphatic rings. The standard InChI is InChI=1S/C12H19N3O/c1-8-6-11(9(2)15-14-8)12(13)10-4-3-5-16-7-10/h6,10,12H,3-5,7,13H2,1-2H3. The maximum atomic E-state index is 6.29. The molecule has 2 heterocycles. The van der Waals surface area contributed by atoms with Crippen LogP contribution in [0.25, 0.3) is 0 Å². The van der Waals surface area contributed by atoms with E-state index < -0.39 is 0 Å². The van der Waals surface area contributed by atoms with E-state index in [0.29, 0.717) is 5.92 Å². The Labute approximate surface area is 96.2 Å². The highest BCUT2D eigenvalue weighted by atomic mass is 16.5. The Hall–Kier alpha value is -1.00. The van der Waals surface area contributed by atoms with Gasteiger partial charge in [-0.2, -0.15) is 10.2 Å². The quantitative estimate of drug-likeness (QED) is 0.822. The highest BCUT2D eigenvalue weighted by molar-refractivity contribution is 5.24. The highest BCUT2D eigenvalue weighted by Gasteiger charge is 2.24. The Kier molecular flexibility index (Phi) is 3.51. The number of nitrogens with two attached hydrogens (primary N) is 1.